The average molecular weight is 496 g/mol. The van der Waals surface area contributed by atoms with Gasteiger partial charge in [-0.1, -0.05) is 24.3 Å². The van der Waals surface area contributed by atoms with Gasteiger partial charge in [0.15, 0.2) is 17.4 Å². The van der Waals surface area contributed by atoms with Gasteiger partial charge in [0, 0.05) is 25.4 Å². The highest BCUT2D eigenvalue weighted by Gasteiger charge is 2.06. The summed E-state index contributed by atoms with van der Waals surface area (Å²) < 4.78 is 13.0. The Bertz CT molecular complexity index is 899. The summed E-state index contributed by atoms with van der Waals surface area (Å²) in [6, 6.07) is 13.6. The highest BCUT2D eigenvalue weighted by atomic mass is 127. The smallest absolute Gasteiger partial charge is 0.191 e. The van der Waals surface area contributed by atoms with E-state index in [2.05, 4.69) is 25.8 Å². The number of ether oxygens (including phenoxy) is 2. The minimum absolute atomic E-state index is 0. The molecule has 2 heterocycles. The lowest BCUT2D eigenvalue weighted by Gasteiger charge is -2.12. The zero-order valence-electron chi connectivity index (χ0n) is 16.0. The van der Waals surface area contributed by atoms with E-state index in [9.17, 15) is 0 Å². The lowest BCUT2D eigenvalue weighted by Crippen LogP contribution is -2.38. The van der Waals surface area contributed by atoms with E-state index >= 15 is 0 Å². The van der Waals surface area contributed by atoms with Crippen LogP contribution in [-0.4, -0.2) is 47.9 Å². The van der Waals surface area contributed by atoms with Crippen LogP contribution in [0.4, 0.5) is 0 Å². The molecule has 8 nitrogen and oxygen atoms in total. The van der Waals surface area contributed by atoms with Gasteiger partial charge in [-0.15, -0.1) is 34.2 Å². The van der Waals surface area contributed by atoms with Crippen LogP contribution in [-0.2, 0) is 17.9 Å². The van der Waals surface area contributed by atoms with Crippen molar-refractivity contribution in [3.05, 3.63) is 60.0 Å². The summed E-state index contributed by atoms with van der Waals surface area (Å²) in [4.78, 5) is 4.21. The molecule has 1 aromatic carbocycles. The molecule has 0 saturated heterocycles. The summed E-state index contributed by atoms with van der Waals surface area (Å²) in [5.41, 5.74) is 1.85. The summed E-state index contributed by atoms with van der Waals surface area (Å²) in [5.74, 6) is 2.34. The molecule has 0 atom stereocenters. The minimum atomic E-state index is 0. The first-order valence-electron chi connectivity index (χ1n) is 8.74. The number of nitrogens with one attached hydrogen (secondary N) is 2. The van der Waals surface area contributed by atoms with Crippen molar-refractivity contribution >= 4 is 35.6 Å². The Labute approximate surface area is 181 Å². The molecule has 2 aromatic heterocycles. The van der Waals surface area contributed by atoms with Crippen molar-refractivity contribution in [2.24, 2.45) is 4.99 Å². The van der Waals surface area contributed by atoms with E-state index in [-0.39, 0.29) is 24.0 Å². The molecule has 0 fully saturated rings. The van der Waals surface area contributed by atoms with Crippen molar-refractivity contribution < 1.29 is 9.47 Å². The standard InChI is InChI=1S/C19H24N6O2.HI/c1-20-19(22-13-18-24-23-17-9-5-6-11-25(17)18)21-10-12-27-14-15-7-3-4-8-16(15)26-2;/h3-9,11H,10,12-14H2,1-2H3,(H2,20,21,22);1H. The fourth-order valence-corrected chi connectivity index (χ4v) is 2.64. The lowest BCUT2D eigenvalue weighted by molar-refractivity contribution is 0.123. The molecule has 0 aliphatic heterocycles. The monoisotopic (exact) mass is 496 g/mol. The number of pyridine rings is 1. The van der Waals surface area contributed by atoms with E-state index in [1.54, 1.807) is 14.2 Å². The molecule has 0 amide bonds. The first-order valence-corrected chi connectivity index (χ1v) is 8.74. The maximum Gasteiger partial charge on any atom is 0.191 e. The Morgan fingerprint density at radius 3 is 2.75 bits per heavy atom. The van der Waals surface area contributed by atoms with E-state index < -0.39 is 0 Å². The molecule has 0 aliphatic rings. The third-order valence-corrected chi connectivity index (χ3v) is 4.01. The molecule has 28 heavy (non-hydrogen) atoms. The second-order valence-corrected chi connectivity index (χ2v) is 5.76. The molecule has 0 bridgehead atoms. The van der Waals surface area contributed by atoms with E-state index in [0.29, 0.717) is 32.3 Å². The fourth-order valence-electron chi connectivity index (χ4n) is 2.64. The van der Waals surface area contributed by atoms with Crippen LogP contribution in [0.1, 0.15) is 11.4 Å². The van der Waals surface area contributed by atoms with Crippen molar-refractivity contribution in [2.45, 2.75) is 13.2 Å². The number of nitrogens with zero attached hydrogens (tertiary/aromatic N) is 4. The molecule has 150 valence electrons. The Kier molecular flexibility index (Phi) is 8.95. The highest BCUT2D eigenvalue weighted by Crippen LogP contribution is 2.17. The minimum Gasteiger partial charge on any atom is -0.496 e. The van der Waals surface area contributed by atoms with Crippen LogP contribution in [0.15, 0.2) is 53.7 Å². The number of guanidine groups is 1. The summed E-state index contributed by atoms with van der Waals surface area (Å²) in [6.45, 7) is 2.21. The zero-order valence-corrected chi connectivity index (χ0v) is 18.3. The summed E-state index contributed by atoms with van der Waals surface area (Å²) in [5, 5.41) is 14.8. The number of hydrogen-bond acceptors (Lipinski definition) is 5. The highest BCUT2D eigenvalue weighted by molar-refractivity contribution is 14.0. The zero-order chi connectivity index (χ0) is 18.9. The number of hydrogen-bond donors (Lipinski definition) is 2. The number of para-hydroxylation sites is 1. The van der Waals surface area contributed by atoms with Crippen LogP contribution in [0, 0.1) is 0 Å². The SMILES string of the molecule is CN=C(NCCOCc1ccccc1OC)NCc1nnc2ccccn12.I. The number of benzene rings is 1. The number of halogens is 1. The Balaban J connectivity index is 0.00000280. The van der Waals surface area contributed by atoms with Gasteiger partial charge in [-0.3, -0.25) is 9.39 Å². The number of aromatic nitrogens is 3. The topological polar surface area (TPSA) is 85.1 Å². The molecule has 0 spiro atoms. The van der Waals surface area contributed by atoms with Gasteiger partial charge in [0.05, 0.1) is 26.9 Å². The Hall–Kier alpha value is -2.40. The lowest BCUT2D eigenvalue weighted by atomic mass is 10.2. The van der Waals surface area contributed by atoms with Crippen LogP contribution in [0.25, 0.3) is 5.65 Å². The van der Waals surface area contributed by atoms with Crippen LogP contribution in [0.2, 0.25) is 0 Å². The molecule has 0 unspecified atom stereocenters. The van der Waals surface area contributed by atoms with E-state index in [1.165, 1.54) is 0 Å². The molecule has 2 N–H and O–H groups in total. The van der Waals surface area contributed by atoms with Crippen molar-refractivity contribution in [1.29, 1.82) is 0 Å². The molecule has 0 saturated carbocycles. The number of methoxy groups -OCH3 is 1. The van der Waals surface area contributed by atoms with Gasteiger partial charge in [-0.05, 0) is 18.2 Å². The van der Waals surface area contributed by atoms with Crippen LogP contribution < -0.4 is 15.4 Å². The van der Waals surface area contributed by atoms with E-state index in [1.807, 2.05) is 53.1 Å². The predicted molar refractivity (Wildman–Crippen MR) is 119 cm³/mol. The van der Waals surface area contributed by atoms with Crippen molar-refractivity contribution in [1.82, 2.24) is 25.2 Å². The fraction of sp³-hybridized carbons (Fsp3) is 0.316. The maximum absolute atomic E-state index is 5.71. The van der Waals surface area contributed by atoms with Crippen LogP contribution >= 0.6 is 24.0 Å². The van der Waals surface area contributed by atoms with Crippen LogP contribution in [0.5, 0.6) is 5.75 Å². The second kappa shape index (κ2) is 11.4. The first kappa shape index (κ1) is 21.9. The number of fused-ring (bicyclic) bond motifs is 1. The van der Waals surface area contributed by atoms with E-state index in [0.717, 1.165) is 22.8 Å². The summed E-state index contributed by atoms with van der Waals surface area (Å²) >= 11 is 0. The molecule has 0 aliphatic carbocycles. The van der Waals surface area contributed by atoms with Gasteiger partial charge < -0.3 is 20.1 Å². The molecule has 3 rings (SSSR count). The molecule has 9 heteroatoms. The second-order valence-electron chi connectivity index (χ2n) is 5.76. The summed E-state index contributed by atoms with van der Waals surface area (Å²) in [6.07, 6.45) is 1.94. The van der Waals surface area contributed by atoms with Gasteiger partial charge in [-0.2, -0.15) is 0 Å². The summed E-state index contributed by atoms with van der Waals surface area (Å²) in [7, 11) is 3.39. The normalized spacial score (nSPS) is 11.1. The van der Waals surface area contributed by atoms with Gasteiger partial charge in [-0.25, -0.2) is 0 Å². The third kappa shape index (κ3) is 5.80. The third-order valence-electron chi connectivity index (χ3n) is 4.01. The van der Waals surface area contributed by atoms with Crippen LogP contribution in [0.3, 0.4) is 0 Å². The Morgan fingerprint density at radius 2 is 1.93 bits per heavy atom. The predicted octanol–water partition coefficient (Wildman–Crippen LogP) is 2.24. The van der Waals surface area contributed by atoms with Gasteiger partial charge >= 0.3 is 0 Å². The van der Waals surface area contributed by atoms with Crippen molar-refractivity contribution in [2.75, 3.05) is 27.3 Å². The van der Waals surface area contributed by atoms with Crippen molar-refractivity contribution in [3.8, 4) is 5.75 Å². The van der Waals surface area contributed by atoms with Gasteiger partial charge in [0.25, 0.3) is 0 Å². The molecule has 3 aromatic rings. The number of rotatable bonds is 8. The Morgan fingerprint density at radius 1 is 1.11 bits per heavy atom. The molecule has 0 radical (unpaired) electrons. The average Bonchev–Trinajstić information content (AvgIpc) is 3.13. The first-order chi connectivity index (χ1) is 13.3. The van der Waals surface area contributed by atoms with Gasteiger partial charge in [0.2, 0.25) is 0 Å². The van der Waals surface area contributed by atoms with Gasteiger partial charge in [0.1, 0.15) is 5.75 Å². The molecular weight excluding hydrogens is 471 g/mol. The largest absolute Gasteiger partial charge is 0.496 e. The number of aliphatic imine (C=N–C) groups is 1. The maximum atomic E-state index is 5.71. The molecular formula is C19H25IN6O2. The van der Waals surface area contributed by atoms with Crippen molar-refractivity contribution in [3.63, 3.8) is 0 Å². The van der Waals surface area contributed by atoms with E-state index in [4.69, 9.17) is 9.47 Å². The quantitative estimate of drug-likeness (QED) is 0.216.